The standard InChI is InChI=1S/C15H11ClF4N2O/c16-11-7-9(17)5-6-13(11)21-8-14(23)22-12-4-2-1-3-10(12)15(18,19)20/h1-7,21H,8H2,(H,22,23). The van der Waals surface area contributed by atoms with Crippen LogP contribution in [0.2, 0.25) is 5.02 Å². The topological polar surface area (TPSA) is 41.1 Å². The number of nitrogens with one attached hydrogen (secondary N) is 2. The molecule has 8 heteroatoms. The summed E-state index contributed by atoms with van der Waals surface area (Å²) in [6, 6.07) is 8.18. The fourth-order valence-corrected chi connectivity index (χ4v) is 2.08. The molecule has 0 saturated carbocycles. The number of hydrogen-bond donors (Lipinski definition) is 2. The Kier molecular flexibility index (Phi) is 5.10. The maximum absolute atomic E-state index is 12.9. The zero-order valence-corrected chi connectivity index (χ0v) is 12.3. The first kappa shape index (κ1) is 17.1. The predicted octanol–water partition coefficient (Wildman–Crippen LogP) is 4.55. The molecule has 0 saturated heterocycles. The summed E-state index contributed by atoms with van der Waals surface area (Å²) < 4.78 is 51.4. The number of carbonyl (C=O) groups excluding carboxylic acids is 1. The number of benzene rings is 2. The molecule has 0 atom stereocenters. The molecule has 0 radical (unpaired) electrons. The Bertz CT molecular complexity index is 719. The maximum atomic E-state index is 12.9. The van der Waals surface area contributed by atoms with Gasteiger partial charge < -0.3 is 10.6 Å². The van der Waals surface area contributed by atoms with Gasteiger partial charge in [-0.3, -0.25) is 4.79 Å². The summed E-state index contributed by atoms with van der Waals surface area (Å²) >= 11 is 5.78. The molecule has 0 bridgehead atoms. The summed E-state index contributed by atoms with van der Waals surface area (Å²) in [6.45, 7) is -0.322. The molecule has 3 nitrogen and oxygen atoms in total. The molecule has 2 N–H and O–H groups in total. The van der Waals surface area contributed by atoms with E-state index in [-0.39, 0.29) is 17.3 Å². The second kappa shape index (κ2) is 6.87. The van der Waals surface area contributed by atoms with Crippen molar-refractivity contribution in [3.8, 4) is 0 Å². The average Bonchev–Trinajstić information content (AvgIpc) is 2.46. The van der Waals surface area contributed by atoms with Crippen LogP contribution in [0.15, 0.2) is 42.5 Å². The molecule has 2 aromatic rings. The maximum Gasteiger partial charge on any atom is 0.418 e. The van der Waals surface area contributed by atoms with Gasteiger partial charge in [0.25, 0.3) is 0 Å². The lowest BCUT2D eigenvalue weighted by molar-refractivity contribution is -0.137. The van der Waals surface area contributed by atoms with Gasteiger partial charge in [0, 0.05) is 0 Å². The molecule has 0 unspecified atom stereocenters. The van der Waals surface area contributed by atoms with Crippen LogP contribution >= 0.6 is 11.6 Å². The molecule has 0 fully saturated rings. The molecule has 122 valence electrons. The minimum Gasteiger partial charge on any atom is -0.375 e. The van der Waals surface area contributed by atoms with Gasteiger partial charge in [-0.1, -0.05) is 23.7 Å². The Balaban J connectivity index is 2.03. The fourth-order valence-electron chi connectivity index (χ4n) is 1.84. The van der Waals surface area contributed by atoms with Crippen LogP contribution in [0.3, 0.4) is 0 Å². The summed E-state index contributed by atoms with van der Waals surface area (Å²) in [6.07, 6.45) is -4.57. The van der Waals surface area contributed by atoms with Gasteiger partial charge in [-0.25, -0.2) is 4.39 Å². The Labute approximate surface area is 134 Å². The highest BCUT2D eigenvalue weighted by Gasteiger charge is 2.33. The highest BCUT2D eigenvalue weighted by Crippen LogP contribution is 2.34. The van der Waals surface area contributed by atoms with Gasteiger partial charge >= 0.3 is 6.18 Å². The van der Waals surface area contributed by atoms with Gasteiger partial charge in [-0.05, 0) is 30.3 Å². The molecule has 0 heterocycles. The third-order valence-corrected chi connectivity index (χ3v) is 3.19. The van der Waals surface area contributed by atoms with Crippen molar-refractivity contribution in [3.05, 3.63) is 58.9 Å². The van der Waals surface area contributed by atoms with E-state index in [1.807, 2.05) is 0 Å². The molecule has 23 heavy (non-hydrogen) atoms. The summed E-state index contributed by atoms with van der Waals surface area (Å²) in [5.74, 6) is -1.23. The van der Waals surface area contributed by atoms with Crippen LogP contribution in [0.5, 0.6) is 0 Å². The van der Waals surface area contributed by atoms with E-state index in [2.05, 4.69) is 10.6 Å². The number of halogens is 5. The molecule has 1 amide bonds. The first-order valence-electron chi connectivity index (χ1n) is 6.42. The summed E-state index contributed by atoms with van der Waals surface area (Å²) in [5.41, 5.74) is -0.975. The second-order valence-electron chi connectivity index (χ2n) is 4.57. The van der Waals surface area contributed by atoms with Gasteiger partial charge in [0.05, 0.1) is 28.5 Å². The van der Waals surface area contributed by atoms with E-state index in [4.69, 9.17) is 11.6 Å². The van der Waals surface area contributed by atoms with Crippen LogP contribution in [-0.2, 0) is 11.0 Å². The number of carbonyl (C=O) groups is 1. The van der Waals surface area contributed by atoms with Crippen molar-refractivity contribution in [2.45, 2.75) is 6.18 Å². The molecule has 0 spiro atoms. The largest absolute Gasteiger partial charge is 0.418 e. The second-order valence-corrected chi connectivity index (χ2v) is 4.98. The number of para-hydroxylation sites is 1. The zero-order chi connectivity index (χ0) is 17.0. The number of amides is 1. The number of hydrogen-bond acceptors (Lipinski definition) is 2. The number of alkyl halides is 3. The number of anilines is 2. The van der Waals surface area contributed by atoms with E-state index in [9.17, 15) is 22.4 Å². The van der Waals surface area contributed by atoms with Crippen LogP contribution in [0.4, 0.5) is 28.9 Å². The highest BCUT2D eigenvalue weighted by molar-refractivity contribution is 6.33. The van der Waals surface area contributed by atoms with E-state index >= 15 is 0 Å². The van der Waals surface area contributed by atoms with Crippen molar-refractivity contribution in [2.75, 3.05) is 17.2 Å². The van der Waals surface area contributed by atoms with Crippen LogP contribution in [0, 0.1) is 5.82 Å². The van der Waals surface area contributed by atoms with Gasteiger partial charge in [0.1, 0.15) is 5.82 Å². The number of rotatable bonds is 4. The van der Waals surface area contributed by atoms with Crippen LogP contribution in [0.25, 0.3) is 0 Å². The van der Waals surface area contributed by atoms with Gasteiger partial charge in [-0.2, -0.15) is 13.2 Å². The molecule has 0 aromatic heterocycles. The Hall–Kier alpha value is -2.28. The normalized spacial score (nSPS) is 11.2. The van der Waals surface area contributed by atoms with Crippen molar-refractivity contribution >= 4 is 28.9 Å². The molecule has 0 aliphatic carbocycles. The van der Waals surface area contributed by atoms with Crippen LogP contribution in [0.1, 0.15) is 5.56 Å². The molecule has 0 aliphatic heterocycles. The summed E-state index contributed by atoms with van der Waals surface area (Å²) in [4.78, 5) is 11.8. The highest BCUT2D eigenvalue weighted by atomic mass is 35.5. The zero-order valence-electron chi connectivity index (χ0n) is 11.5. The van der Waals surface area contributed by atoms with Crippen LogP contribution < -0.4 is 10.6 Å². The lowest BCUT2D eigenvalue weighted by Crippen LogP contribution is -2.23. The van der Waals surface area contributed by atoms with Crippen molar-refractivity contribution in [2.24, 2.45) is 0 Å². The summed E-state index contributed by atoms with van der Waals surface area (Å²) in [5, 5.41) is 4.87. The molecular formula is C15H11ClF4N2O. The van der Waals surface area contributed by atoms with Gasteiger partial charge in [0.15, 0.2) is 0 Å². The van der Waals surface area contributed by atoms with E-state index in [1.165, 1.54) is 18.2 Å². The quantitative estimate of drug-likeness (QED) is 0.797. The van der Waals surface area contributed by atoms with Gasteiger partial charge in [0.2, 0.25) is 5.91 Å². The smallest absolute Gasteiger partial charge is 0.375 e. The van der Waals surface area contributed by atoms with E-state index in [0.29, 0.717) is 5.69 Å². The van der Waals surface area contributed by atoms with Crippen LogP contribution in [-0.4, -0.2) is 12.5 Å². The Morgan fingerprint density at radius 2 is 1.78 bits per heavy atom. The van der Waals surface area contributed by atoms with Crippen molar-refractivity contribution in [3.63, 3.8) is 0 Å². The first-order valence-corrected chi connectivity index (χ1v) is 6.80. The predicted molar refractivity (Wildman–Crippen MR) is 80.0 cm³/mol. The van der Waals surface area contributed by atoms with Crippen molar-refractivity contribution in [1.82, 2.24) is 0 Å². The van der Waals surface area contributed by atoms with Crippen molar-refractivity contribution in [1.29, 1.82) is 0 Å². The summed E-state index contributed by atoms with van der Waals surface area (Å²) in [7, 11) is 0. The Morgan fingerprint density at radius 3 is 2.43 bits per heavy atom. The van der Waals surface area contributed by atoms with E-state index in [1.54, 1.807) is 0 Å². The Morgan fingerprint density at radius 1 is 1.09 bits per heavy atom. The minimum absolute atomic E-state index is 0.0634. The molecule has 0 aliphatic rings. The molecular weight excluding hydrogens is 336 g/mol. The first-order chi connectivity index (χ1) is 10.8. The molecule has 2 aromatic carbocycles. The fraction of sp³-hybridized carbons (Fsp3) is 0.133. The molecule has 2 rings (SSSR count). The van der Waals surface area contributed by atoms with Crippen molar-refractivity contribution < 1.29 is 22.4 Å². The van der Waals surface area contributed by atoms with Gasteiger partial charge in [-0.15, -0.1) is 0 Å². The lowest BCUT2D eigenvalue weighted by Gasteiger charge is -2.14. The minimum atomic E-state index is -4.57. The monoisotopic (exact) mass is 346 g/mol. The lowest BCUT2D eigenvalue weighted by atomic mass is 10.1. The van der Waals surface area contributed by atoms with E-state index in [0.717, 1.165) is 24.3 Å². The SMILES string of the molecule is O=C(CNc1ccc(F)cc1Cl)Nc1ccccc1C(F)(F)F. The third-order valence-electron chi connectivity index (χ3n) is 2.88. The third kappa shape index (κ3) is 4.59. The van der Waals surface area contributed by atoms with E-state index < -0.39 is 23.5 Å². The average molecular weight is 347 g/mol.